The van der Waals surface area contributed by atoms with Crippen molar-refractivity contribution in [3.63, 3.8) is 0 Å². The van der Waals surface area contributed by atoms with E-state index < -0.39 is 6.04 Å². The fraction of sp³-hybridized carbons (Fsp3) is 0.364. The molecule has 0 unspecified atom stereocenters. The molecule has 1 atom stereocenters. The zero-order valence-electron chi connectivity index (χ0n) is 9.18. The van der Waals surface area contributed by atoms with Gasteiger partial charge >= 0.3 is 0 Å². The smallest absolute Gasteiger partial charge is 0.248 e. The third kappa shape index (κ3) is 3.45. The standard InChI is InChI=1S/C11H13N3O2S/c15-10-4-6-17-7-8(13-10)11(16)14-9-3-1-2-5-12-9/h1-3,5,8H,4,6-7H2,(H,13,15)(H,12,14,16)/t8-/m1/s1. The third-order valence-electron chi connectivity index (χ3n) is 2.33. The summed E-state index contributed by atoms with van der Waals surface area (Å²) >= 11 is 1.60. The van der Waals surface area contributed by atoms with Crippen LogP contribution in [0.1, 0.15) is 6.42 Å². The Morgan fingerprint density at radius 2 is 2.41 bits per heavy atom. The van der Waals surface area contributed by atoms with Crippen LogP contribution in [-0.2, 0) is 9.59 Å². The van der Waals surface area contributed by atoms with Crippen molar-refractivity contribution in [1.82, 2.24) is 10.3 Å². The van der Waals surface area contributed by atoms with Crippen molar-refractivity contribution in [2.45, 2.75) is 12.5 Å². The molecule has 5 nitrogen and oxygen atoms in total. The van der Waals surface area contributed by atoms with Gasteiger partial charge in [-0.3, -0.25) is 9.59 Å². The largest absolute Gasteiger partial charge is 0.343 e. The SMILES string of the molecule is O=C1CCSC[C@H](C(=O)Nc2ccccn2)N1. The van der Waals surface area contributed by atoms with Crippen LogP contribution in [0.25, 0.3) is 0 Å². The van der Waals surface area contributed by atoms with Crippen LogP contribution in [0.2, 0.25) is 0 Å². The normalized spacial score (nSPS) is 20.2. The van der Waals surface area contributed by atoms with Crippen LogP contribution in [0.3, 0.4) is 0 Å². The number of aromatic nitrogens is 1. The van der Waals surface area contributed by atoms with Gasteiger partial charge in [0.2, 0.25) is 11.8 Å². The van der Waals surface area contributed by atoms with Gasteiger partial charge in [0.05, 0.1) is 0 Å². The number of rotatable bonds is 2. The zero-order valence-corrected chi connectivity index (χ0v) is 10.00. The fourth-order valence-electron chi connectivity index (χ4n) is 1.47. The molecule has 2 amide bonds. The number of nitrogens with zero attached hydrogens (tertiary/aromatic N) is 1. The van der Waals surface area contributed by atoms with Gasteiger partial charge in [-0.1, -0.05) is 6.07 Å². The summed E-state index contributed by atoms with van der Waals surface area (Å²) in [4.78, 5) is 27.2. The highest BCUT2D eigenvalue weighted by molar-refractivity contribution is 7.99. The molecule has 0 bridgehead atoms. The molecule has 0 saturated carbocycles. The van der Waals surface area contributed by atoms with Crippen LogP contribution in [0.5, 0.6) is 0 Å². The van der Waals surface area contributed by atoms with Crippen molar-refractivity contribution >= 4 is 29.4 Å². The monoisotopic (exact) mass is 251 g/mol. The predicted octanol–water partition coefficient (Wildman–Crippen LogP) is 0.642. The van der Waals surface area contributed by atoms with Crippen molar-refractivity contribution < 1.29 is 9.59 Å². The van der Waals surface area contributed by atoms with Crippen LogP contribution in [-0.4, -0.2) is 34.3 Å². The number of nitrogens with one attached hydrogen (secondary N) is 2. The summed E-state index contributed by atoms with van der Waals surface area (Å²) in [5.74, 6) is 1.58. The first kappa shape index (κ1) is 11.9. The van der Waals surface area contributed by atoms with Crippen molar-refractivity contribution in [2.75, 3.05) is 16.8 Å². The summed E-state index contributed by atoms with van der Waals surface area (Å²) in [5, 5.41) is 5.38. The Labute approximate surface area is 103 Å². The Morgan fingerprint density at radius 3 is 3.18 bits per heavy atom. The van der Waals surface area contributed by atoms with Gasteiger partial charge in [-0.2, -0.15) is 11.8 Å². The first-order valence-corrected chi connectivity index (χ1v) is 6.50. The molecule has 1 fully saturated rings. The highest BCUT2D eigenvalue weighted by Crippen LogP contribution is 2.11. The fourth-order valence-corrected chi connectivity index (χ4v) is 2.43. The molecule has 17 heavy (non-hydrogen) atoms. The molecule has 0 aliphatic carbocycles. The van der Waals surface area contributed by atoms with Gasteiger partial charge in [0.1, 0.15) is 11.9 Å². The molecule has 90 valence electrons. The maximum absolute atomic E-state index is 11.9. The lowest BCUT2D eigenvalue weighted by atomic mass is 10.3. The lowest BCUT2D eigenvalue weighted by Gasteiger charge is -2.14. The van der Waals surface area contributed by atoms with E-state index in [1.807, 2.05) is 0 Å². The second kappa shape index (κ2) is 5.67. The van der Waals surface area contributed by atoms with Crippen molar-refractivity contribution in [3.8, 4) is 0 Å². The molecular formula is C11H13N3O2S. The van der Waals surface area contributed by atoms with Gasteiger partial charge in [0, 0.05) is 24.1 Å². The first-order valence-electron chi connectivity index (χ1n) is 5.35. The second-order valence-electron chi connectivity index (χ2n) is 3.65. The van der Waals surface area contributed by atoms with E-state index in [2.05, 4.69) is 15.6 Å². The average molecular weight is 251 g/mol. The lowest BCUT2D eigenvalue weighted by molar-refractivity contribution is -0.125. The van der Waals surface area contributed by atoms with E-state index in [1.54, 1.807) is 36.2 Å². The van der Waals surface area contributed by atoms with Crippen LogP contribution in [0, 0.1) is 0 Å². The van der Waals surface area contributed by atoms with Gasteiger partial charge in [-0.15, -0.1) is 0 Å². The minimum atomic E-state index is -0.475. The molecule has 1 aromatic heterocycles. The molecular weight excluding hydrogens is 238 g/mol. The van der Waals surface area contributed by atoms with E-state index in [0.717, 1.165) is 5.75 Å². The zero-order chi connectivity index (χ0) is 12.1. The number of thioether (sulfide) groups is 1. The molecule has 2 heterocycles. The average Bonchev–Trinajstić information content (AvgIpc) is 2.55. The highest BCUT2D eigenvalue weighted by Gasteiger charge is 2.23. The number of amides is 2. The van der Waals surface area contributed by atoms with E-state index >= 15 is 0 Å². The summed E-state index contributed by atoms with van der Waals surface area (Å²) in [5.41, 5.74) is 0. The predicted molar refractivity (Wildman–Crippen MR) is 66.7 cm³/mol. The number of hydrogen-bond acceptors (Lipinski definition) is 4. The molecule has 1 aliphatic rings. The summed E-state index contributed by atoms with van der Waals surface area (Å²) in [6.45, 7) is 0. The maximum atomic E-state index is 11.9. The third-order valence-corrected chi connectivity index (χ3v) is 3.39. The van der Waals surface area contributed by atoms with Gasteiger partial charge in [-0.25, -0.2) is 4.98 Å². The molecule has 2 rings (SSSR count). The summed E-state index contributed by atoms with van der Waals surface area (Å²) in [7, 11) is 0. The Balaban J connectivity index is 1.97. The molecule has 0 radical (unpaired) electrons. The topological polar surface area (TPSA) is 71.1 Å². The minimum absolute atomic E-state index is 0.0730. The van der Waals surface area contributed by atoms with Gasteiger partial charge < -0.3 is 10.6 Å². The van der Waals surface area contributed by atoms with Crippen LogP contribution in [0.15, 0.2) is 24.4 Å². The Morgan fingerprint density at radius 1 is 1.53 bits per heavy atom. The van der Waals surface area contributed by atoms with Crippen LogP contribution < -0.4 is 10.6 Å². The Hall–Kier alpha value is -1.56. The maximum Gasteiger partial charge on any atom is 0.248 e. The number of carbonyl (C=O) groups is 2. The highest BCUT2D eigenvalue weighted by atomic mass is 32.2. The van der Waals surface area contributed by atoms with Crippen LogP contribution >= 0.6 is 11.8 Å². The van der Waals surface area contributed by atoms with Gasteiger partial charge in [-0.05, 0) is 12.1 Å². The number of carbonyl (C=O) groups excluding carboxylic acids is 2. The summed E-state index contributed by atoms with van der Waals surface area (Å²) in [6, 6.07) is 4.81. The van der Waals surface area contributed by atoms with E-state index in [4.69, 9.17) is 0 Å². The van der Waals surface area contributed by atoms with Crippen molar-refractivity contribution in [1.29, 1.82) is 0 Å². The second-order valence-corrected chi connectivity index (χ2v) is 4.80. The quantitative estimate of drug-likeness (QED) is 0.809. The van der Waals surface area contributed by atoms with E-state index in [9.17, 15) is 9.59 Å². The summed E-state index contributed by atoms with van der Waals surface area (Å²) in [6.07, 6.45) is 2.08. The van der Waals surface area contributed by atoms with Crippen LogP contribution in [0.4, 0.5) is 5.82 Å². The number of hydrogen-bond donors (Lipinski definition) is 2. The van der Waals surface area contributed by atoms with E-state index in [1.165, 1.54) is 0 Å². The molecule has 1 saturated heterocycles. The van der Waals surface area contributed by atoms with Crippen molar-refractivity contribution in [2.24, 2.45) is 0 Å². The molecule has 2 N–H and O–H groups in total. The molecule has 6 heteroatoms. The molecule has 1 aliphatic heterocycles. The van der Waals surface area contributed by atoms with Crippen molar-refractivity contribution in [3.05, 3.63) is 24.4 Å². The molecule has 1 aromatic rings. The summed E-state index contributed by atoms with van der Waals surface area (Å²) < 4.78 is 0. The molecule has 0 aromatic carbocycles. The number of anilines is 1. The van der Waals surface area contributed by atoms with Gasteiger partial charge in [0.25, 0.3) is 0 Å². The Kier molecular flexibility index (Phi) is 3.98. The first-order chi connectivity index (χ1) is 8.25. The number of pyridine rings is 1. The minimum Gasteiger partial charge on any atom is -0.343 e. The lowest BCUT2D eigenvalue weighted by Crippen LogP contribution is -2.44. The van der Waals surface area contributed by atoms with E-state index in [-0.39, 0.29) is 11.8 Å². The Bertz CT molecular complexity index is 410. The van der Waals surface area contributed by atoms with E-state index in [0.29, 0.717) is 18.0 Å². The van der Waals surface area contributed by atoms with Gasteiger partial charge in [0.15, 0.2) is 0 Å². The molecule has 0 spiro atoms.